The van der Waals surface area contributed by atoms with Gasteiger partial charge in [0.1, 0.15) is 0 Å². The fourth-order valence-corrected chi connectivity index (χ4v) is 1.43. The minimum Gasteiger partial charge on any atom is -0.466 e. The first kappa shape index (κ1) is 15.4. The van der Waals surface area contributed by atoms with Gasteiger partial charge in [-0.25, -0.2) is 0 Å². The Hall–Kier alpha value is -0.610. The number of esters is 1. The molecule has 0 heterocycles. The number of aliphatic hydroxyl groups excluding tert-OH is 1. The van der Waals surface area contributed by atoms with Gasteiger partial charge in [-0.1, -0.05) is 12.8 Å². The highest BCUT2D eigenvalue weighted by Gasteiger charge is 1.99. The average Bonchev–Trinajstić information content (AvgIpc) is 2.27. The van der Waals surface area contributed by atoms with Crippen LogP contribution in [0.2, 0.25) is 0 Å². The molecular formula is C12H25NO3. The third-order valence-corrected chi connectivity index (χ3v) is 2.30. The van der Waals surface area contributed by atoms with E-state index in [-0.39, 0.29) is 5.97 Å². The summed E-state index contributed by atoms with van der Waals surface area (Å²) in [6.45, 7) is 4.46. The van der Waals surface area contributed by atoms with E-state index in [2.05, 4.69) is 5.32 Å². The summed E-state index contributed by atoms with van der Waals surface area (Å²) in [6, 6.07) is 0. The van der Waals surface area contributed by atoms with Gasteiger partial charge in [-0.3, -0.25) is 4.79 Å². The van der Waals surface area contributed by atoms with Crippen molar-refractivity contribution in [2.45, 2.75) is 45.4 Å². The van der Waals surface area contributed by atoms with Crippen molar-refractivity contribution in [3.05, 3.63) is 0 Å². The lowest BCUT2D eigenvalue weighted by Gasteiger charge is -2.04. The number of rotatable bonds is 11. The smallest absolute Gasteiger partial charge is 0.305 e. The Kier molecular flexibility index (Phi) is 12.0. The zero-order chi connectivity index (χ0) is 12.1. The second-order valence-electron chi connectivity index (χ2n) is 3.80. The van der Waals surface area contributed by atoms with Crippen LogP contribution in [0.3, 0.4) is 0 Å². The van der Waals surface area contributed by atoms with Crippen LogP contribution < -0.4 is 5.32 Å². The van der Waals surface area contributed by atoms with Gasteiger partial charge >= 0.3 is 5.97 Å². The van der Waals surface area contributed by atoms with E-state index in [0.29, 0.717) is 19.6 Å². The summed E-state index contributed by atoms with van der Waals surface area (Å²) in [4.78, 5) is 11.0. The van der Waals surface area contributed by atoms with Crippen LogP contribution in [0.1, 0.15) is 45.4 Å². The number of carbonyl (C=O) groups excluding carboxylic acids is 1. The van der Waals surface area contributed by atoms with Crippen LogP contribution in [0, 0.1) is 0 Å². The normalized spacial score (nSPS) is 10.4. The molecule has 0 rings (SSSR count). The minimum atomic E-state index is -0.104. The zero-order valence-electron chi connectivity index (χ0n) is 10.3. The number of nitrogens with one attached hydrogen (secondary N) is 1. The van der Waals surface area contributed by atoms with E-state index in [1.165, 1.54) is 0 Å². The van der Waals surface area contributed by atoms with E-state index in [4.69, 9.17) is 9.84 Å². The fourth-order valence-electron chi connectivity index (χ4n) is 1.43. The molecule has 2 N–H and O–H groups in total. The summed E-state index contributed by atoms with van der Waals surface area (Å²) >= 11 is 0. The molecule has 0 atom stereocenters. The lowest BCUT2D eigenvalue weighted by atomic mass is 10.2. The molecule has 0 aromatic heterocycles. The quantitative estimate of drug-likeness (QED) is 0.417. The number of carbonyl (C=O) groups is 1. The van der Waals surface area contributed by atoms with Crippen LogP contribution in [0.15, 0.2) is 0 Å². The summed E-state index contributed by atoms with van der Waals surface area (Å²) in [5.74, 6) is -0.104. The molecule has 0 aliphatic carbocycles. The molecule has 4 nitrogen and oxygen atoms in total. The third kappa shape index (κ3) is 11.5. The largest absolute Gasteiger partial charge is 0.466 e. The van der Waals surface area contributed by atoms with Gasteiger partial charge in [0.25, 0.3) is 0 Å². The van der Waals surface area contributed by atoms with Gasteiger partial charge < -0.3 is 15.2 Å². The van der Waals surface area contributed by atoms with E-state index in [1.54, 1.807) is 0 Å². The highest BCUT2D eigenvalue weighted by molar-refractivity contribution is 5.69. The predicted molar refractivity (Wildman–Crippen MR) is 64.3 cm³/mol. The maximum Gasteiger partial charge on any atom is 0.305 e. The molecule has 0 saturated heterocycles. The van der Waals surface area contributed by atoms with Crippen LogP contribution in [0.4, 0.5) is 0 Å². The Balaban J connectivity index is 3.01. The van der Waals surface area contributed by atoms with Crippen LogP contribution >= 0.6 is 0 Å². The second kappa shape index (κ2) is 12.5. The molecule has 0 aromatic carbocycles. The Bertz CT molecular complexity index is 162. The predicted octanol–water partition coefficient (Wildman–Crippen LogP) is 1.47. The average molecular weight is 231 g/mol. The number of unbranched alkanes of at least 4 members (excludes halogenated alkanes) is 3. The van der Waals surface area contributed by atoms with Crippen molar-refractivity contribution in [1.29, 1.82) is 0 Å². The van der Waals surface area contributed by atoms with Crippen LogP contribution in [0.5, 0.6) is 0 Å². The Morgan fingerprint density at radius 3 is 2.50 bits per heavy atom. The molecule has 0 spiro atoms. The highest BCUT2D eigenvalue weighted by atomic mass is 16.5. The summed E-state index contributed by atoms with van der Waals surface area (Å²) in [6.07, 6.45) is 5.65. The molecule has 0 aliphatic rings. The summed E-state index contributed by atoms with van der Waals surface area (Å²) in [5, 5.41) is 11.9. The molecule has 0 bridgehead atoms. The maximum atomic E-state index is 11.0. The van der Waals surface area contributed by atoms with Crippen molar-refractivity contribution in [3.63, 3.8) is 0 Å². The standard InChI is InChI=1S/C12H25NO3/c1-2-16-12(15)8-7-10-13-9-5-3-4-6-11-14/h13-14H,2-11H2,1H3. The first-order chi connectivity index (χ1) is 7.81. The van der Waals surface area contributed by atoms with Gasteiger partial charge in [0.15, 0.2) is 0 Å². The Morgan fingerprint density at radius 2 is 1.81 bits per heavy atom. The maximum absolute atomic E-state index is 11.0. The van der Waals surface area contributed by atoms with Crippen molar-refractivity contribution in [3.8, 4) is 0 Å². The molecule has 0 radical (unpaired) electrons. The van der Waals surface area contributed by atoms with Gasteiger partial charge in [0.2, 0.25) is 0 Å². The molecule has 96 valence electrons. The van der Waals surface area contributed by atoms with Crippen LogP contribution in [-0.2, 0) is 9.53 Å². The molecule has 0 amide bonds. The van der Waals surface area contributed by atoms with Crippen molar-refractivity contribution < 1.29 is 14.6 Å². The van der Waals surface area contributed by atoms with Crippen molar-refractivity contribution >= 4 is 5.97 Å². The first-order valence-corrected chi connectivity index (χ1v) is 6.28. The molecular weight excluding hydrogens is 206 g/mol. The van der Waals surface area contributed by atoms with Gasteiger partial charge in [0, 0.05) is 13.0 Å². The van der Waals surface area contributed by atoms with Crippen molar-refractivity contribution in [2.24, 2.45) is 0 Å². The van der Waals surface area contributed by atoms with Crippen LogP contribution in [0.25, 0.3) is 0 Å². The Morgan fingerprint density at radius 1 is 1.12 bits per heavy atom. The molecule has 0 unspecified atom stereocenters. The highest BCUT2D eigenvalue weighted by Crippen LogP contribution is 1.97. The lowest BCUT2D eigenvalue weighted by Crippen LogP contribution is -2.18. The summed E-state index contributed by atoms with van der Waals surface area (Å²) in [7, 11) is 0. The minimum absolute atomic E-state index is 0.104. The SMILES string of the molecule is CCOC(=O)CCCNCCCCCCO. The summed E-state index contributed by atoms with van der Waals surface area (Å²) in [5.41, 5.74) is 0. The van der Waals surface area contributed by atoms with Gasteiger partial charge in [-0.15, -0.1) is 0 Å². The van der Waals surface area contributed by atoms with Crippen LogP contribution in [-0.4, -0.2) is 37.4 Å². The number of aliphatic hydroxyl groups is 1. The monoisotopic (exact) mass is 231 g/mol. The first-order valence-electron chi connectivity index (χ1n) is 6.28. The fraction of sp³-hybridized carbons (Fsp3) is 0.917. The van der Waals surface area contributed by atoms with E-state index in [0.717, 1.165) is 45.2 Å². The molecule has 4 heteroatoms. The molecule has 0 aromatic rings. The lowest BCUT2D eigenvalue weighted by molar-refractivity contribution is -0.143. The summed E-state index contributed by atoms with van der Waals surface area (Å²) < 4.78 is 4.82. The topological polar surface area (TPSA) is 58.6 Å². The van der Waals surface area contributed by atoms with E-state index >= 15 is 0 Å². The molecule has 0 saturated carbocycles. The van der Waals surface area contributed by atoms with Crippen molar-refractivity contribution in [2.75, 3.05) is 26.3 Å². The van der Waals surface area contributed by atoms with E-state index in [9.17, 15) is 4.79 Å². The second-order valence-corrected chi connectivity index (χ2v) is 3.80. The van der Waals surface area contributed by atoms with E-state index in [1.807, 2.05) is 6.92 Å². The molecule has 16 heavy (non-hydrogen) atoms. The number of ether oxygens (including phenoxy) is 1. The molecule has 0 fully saturated rings. The Labute approximate surface area is 98.4 Å². The molecule has 0 aliphatic heterocycles. The number of hydrogen-bond acceptors (Lipinski definition) is 4. The third-order valence-electron chi connectivity index (χ3n) is 2.30. The number of hydrogen-bond donors (Lipinski definition) is 2. The van der Waals surface area contributed by atoms with Gasteiger partial charge in [-0.05, 0) is 39.3 Å². The van der Waals surface area contributed by atoms with E-state index < -0.39 is 0 Å². The van der Waals surface area contributed by atoms with Gasteiger partial charge in [0.05, 0.1) is 6.61 Å². The van der Waals surface area contributed by atoms with Gasteiger partial charge in [-0.2, -0.15) is 0 Å². The van der Waals surface area contributed by atoms with Crippen molar-refractivity contribution in [1.82, 2.24) is 5.32 Å². The zero-order valence-corrected chi connectivity index (χ0v) is 10.3.